The van der Waals surface area contributed by atoms with E-state index in [1.807, 2.05) is 38.1 Å². The summed E-state index contributed by atoms with van der Waals surface area (Å²) in [7, 11) is 0. The highest BCUT2D eigenvalue weighted by Crippen LogP contribution is 2.26. The zero-order valence-electron chi connectivity index (χ0n) is 20.7. The Bertz CT molecular complexity index is 1260. The van der Waals surface area contributed by atoms with E-state index in [2.05, 4.69) is 20.9 Å². The van der Waals surface area contributed by atoms with E-state index in [4.69, 9.17) is 16.3 Å². The van der Waals surface area contributed by atoms with Crippen LogP contribution in [0.4, 0.5) is 36.7 Å². The van der Waals surface area contributed by atoms with Gasteiger partial charge in [-0.15, -0.1) is 0 Å². The number of piperazine rings is 1. The molecule has 0 saturated carbocycles. The van der Waals surface area contributed by atoms with Gasteiger partial charge in [0.05, 0.1) is 23.0 Å². The van der Waals surface area contributed by atoms with Crippen molar-refractivity contribution in [3.8, 4) is 5.75 Å². The number of urea groups is 2. The van der Waals surface area contributed by atoms with E-state index < -0.39 is 11.8 Å². The molecule has 0 aliphatic carbocycles. The highest BCUT2D eigenvalue weighted by Gasteiger charge is 2.22. The maximum absolute atomic E-state index is 13.6. The Morgan fingerprint density at radius 3 is 2.32 bits per heavy atom. The number of benzene rings is 3. The van der Waals surface area contributed by atoms with Crippen molar-refractivity contribution in [2.24, 2.45) is 0 Å². The summed E-state index contributed by atoms with van der Waals surface area (Å²) in [6, 6.07) is 16.2. The van der Waals surface area contributed by atoms with E-state index in [-0.39, 0.29) is 11.7 Å². The van der Waals surface area contributed by atoms with Crippen molar-refractivity contribution in [3.63, 3.8) is 0 Å². The lowest BCUT2D eigenvalue weighted by Gasteiger charge is -2.36. The summed E-state index contributed by atoms with van der Waals surface area (Å²) in [6.07, 6.45) is 0. The second-order valence-corrected chi connectivity index (χ2v) is 8.99. The van der Waals surface area contributed by atoms with Gasteiger partial charge in [0.1, 0.15) is 11.6 Å². The average Bonchev–Trinajstić information content (AvgIpc) is 2.88. The van der Waals surface area contributed by atoms with Gasteiger partial charge in [-0.3, -0.25) is 0 Å². The number of carbonyl (C=O) groups excluding carboxylic acids is 2. The Hall–Kier alpha value is -3.98. The van der Waals surface area contributed by atoms with Crippen molar-refractivity contribution >= 4 is 46.4 Å². The molecule has 1 saturated heterocycles. The average molecular weight is 526 g/mol. The van der Waals surface area contributed by atoms with Gasteiger partial charge in [0, 0.05) is 43.6 Å². The molecule has 1 aliphatic heterocycles. The van der Waals surface area contributed by atoms with Gasteiger partial charge in [0.15, 0.2) is 0 Å². The number of hydrogen-bond acceptors (Lipinski definition) is 4. The van der Waals surface area contributed by atoms with E-state index in [1.165, 1.54) is 18.2 Å². The van der Waals surface area contributed by atoms with Crippen molar-refractivity contribution in [2.75, 3.05) is 53.6 Å². The number of hydrogen-bond donors (Lipinski definition) is 3. The Balaban J connectivity index is 1.28. The topological polar surface area (TPSA) is 85.9 Å². The van der Waals surface area contributed by atoms with Crippen LogP contribution >= 0.6 is 11.6 Å². The lowest BCUT2D eigenvalue weighted by Crippen LogP contribution is -2.50. The van der Waals surface area contributed by atoms with Crippen molar-refractivity contribution in [2.45, 2.75) is 13.8 Å². The molecule has 37 heavy (non-hydrogen) atoms. The quantitative estimate of drug-likeness (QED) is 0.358. The SMILES string of the molecule is CCOc1ccc(F)cc1NC(=O)Nc1ccc(N2CCN(C(=O)Nc3ccc(C)cc3Cl)CC2)cc1. The van der Waals surface area contributed by atoms with Crippen LogP contribution < -0.4 is 25.6 Å². The molecule has 0 unspecified atom stereocenters. The molecule has 1 heterocycles. The van der Waals surface area contributed by atoms with Crippen molar-refractivity contribution in [1.29, 1.82) is 0 Å². The van der Waals surface area contributed by atoms with Crippen molar-refractivity contribution < 1.29 is 18.7 Å². The summed E-state index contributed by atoms with van der Waals surface area (Å²) >= 11 is 6.23. The van der Waals surface area contributed by atoms with E-state index in [0.29, 0.717) is 54.9 Å². The van der Waals surface area contributed by atoms with Crippen molar-refractivity contribution in [3.05, 3.63) is 77.1 Å². The number of amides is 4. The Labute approximate surface area is 220 Å². The minimum atomic E-state index is -0.507. The summed E-state index contributed by atoms with van der Waals surface area (Å²) in [4.78, 5) is 29.0. The predicted octanol–water partition coefficient (Wildman–Crippen LogP) is 6.18. The number of nitrogens with one attached hydrogen (secondary N) is 3. The summed E-state index contributed by atoms with van der Waals surface area (Å²) in [5.41, 5.74) is 3.45. The molecular weight excluding hydrogens is 497 g/mol. The molecule has 0 bridgehead atoms. The molecule has 0 aromatic heterocycles. The third-order valence-corrected chi connectivity index (χ3v) is 6.23. The Morgan fingerprint density at radius 1 is 0.919 bits per heavy atom. The first-order valence-electron chi connectivity index (χ1n) is 12.0. The van der Waals surface area contributed by atoms with Gasteiger partial charge in [-0.2, -0.15) is 0 Å². The maximum Gasteiger partial charge on any atom is 0.323 e. The van der Waals surface area contributed by atoms with Crippen LogP contribution in [0.5, 0.6) is 5.75 Å². The maximum atomic E-state index is 13.6. The standard InChI is InChI=1S/C27H29ClFN5O3/c1-3-37-25-11-5-19(29)17-24(25)31-26(35)30-20-6-8-21(9-7-20)33-12-14-34(15-13-33)27(36)32-23-10-4-18(2)16-22(23)28/h4-11,16-17H,3,12-15H2,1-2H3,(H,32,36)(H2,30,31,35). The number of aryl methyl sites for hydroxylation is 1. The second-order valence-electron chi connectivity index (χ2n) is 8.59. The highest BCUT2D eigenvalue weighted by molar-refractivity contribution is 6.33. The second kappa shape index (κ2) is 11.8. The van der Waals surface area contributed by atoms with Gasteiger partial charge in [-0.05, 0) is 67.9 Å². The highest BCUT2D eigenvalue weighted by atomic mass is 35.5. The van der Waals surface area contributed by atoms with Gasteiger partial charge in [-0.25, -0.2) is 14.0 Å². The van der Waals surface area contributed by atoms with Crippen LogP contribution in [-0.4, -0.2) is 49.7 Å². The summed E-state index contributed by atoms with van der Waals surface area (Å²) in [5.74, 6) is -0.0798. The van der Waals surface area contributed by atoms with Crippen LogP contribution in [0.2, 0.25) is 5.02 Å². The fraction of sp³-hybridized carbons (Fsp3) is 0.259. The van der Waals surface area contributed by atoms with Crippen LogP contribution in [-0.2, 0) is 0 Å². The fourth-order valence-corrected chi connectivity index (χ4v) is 4.29. The van der Waals surface area contributed by atoms with Gasteiger partial charge in [-0.1, -0.05) is 17.7 Å². The molecular formula is C27H29ClFN5O3. The number of carbonyl (C=O) groups is 2. The minimum Gasteiger partial charge on any atom is -0.492 e. The zero-order chi connectivity index (χ0) is 26.4. The van der Waals surface area contributed by atoms with Crippen LogP contribution in [0.3, 0.4) is 0 Å². The number of halogens is 2. The molecule has 3 N–H and O–H groups in total. The first-order valence-corrected chi connectivity index (χ1v) is 12.4. The van der Waals surface area contributed by atoms with E-state index in [1.54, 1.807) is 23.1 Å². The molecule has 4 amide bonds. The van der Waals surface area contributed by atoms with E-state index in [9.17, 15) is 14.0 Å². The fourth-order valence-electron chi connectivity index (χ4n) is 4.01. The first kappa shape index (κ1) is 26.1. The van der Waals surface area contributed by atoms with Crippen molar-refractivity contribution in [1.82, 2.24) is 4.90 Å². The molecule has 194 valence electrons. The molecule has 1 aliphatic rings. The third kappa shape index (κ3) is 6.83. The zero-order valence-corrected chi connectivity index (χ0v) is 21.4. The van der Waals surface area contributed by atoms with Crippen LogP contribution in [0, 0.1) is 12.7 Å². The van der Waals surface area contributed by atoms with Crippen LogP contribution in [0.25, 0.3) is 0 Å². The minimum absolute atomic E-state index is 0.179. The van der Waals surface area contributed by atoms with Gasteiger partial charge < -0.3 is 30.5 Å². The summed E-state index contributed by atoms with van der Waals surface area (Å²) in [6.45, 7) is 6.61. The number of ether oxygens (including phenoxy) is 1. The summed E-state index contributed by atoms with van der Waals surface area (Å²) < 4.78 is 19.1. The molecule has 8 nitrogen and oxygen atoms in total. The van der Waals surface area contributed by atoms with Crippen LogP contribution in [0.1, 0.15) is 12.5 Å². The summed E-state index contributed by atoms with van der Waals surface area (Å²) in [5, 5.41) is 8.76. The van der Waals surface area contributed by atoms with Gasteiger partial charge >= 0.3 is 12.1 Å². The molecule has 1 fully saturated rings. The molecule has 3 aromatic rings. The van der Waals surface area contributed by atoms with Gasteiger partial charge in [0.2, 0.25) is 0 Å². The van der Waals surface area contributed by atoms with Gasteiger partial charge in [0.25, 0.3) is 0 Å². The molecule has 0 atom stereocenters. The molecule has 3 aromatic carbocycles. The first-order chi connectivity index (χ1) is 17.8. The number of anilines is 4. The van der Waals surface area contributed by atoms with Crippen LogP contribution in [0.15, 0.2) is 60.7 Å². The Kier molecular flexibility index (Phi) is 8.35. The predicted molar refractivity (Wildman–Crippen MR) is 146 cm³/mol. The smallest absolute Gasteiger partial charge is 0.323 e. The molecule has 10 heteroatoms. The van der Waals surface area contributed by atoms with E-state index in [0.717, 1.165) is 11.3 Å². The normalized spacial score (nSPS) is 13.2. The molecule has 0 radical (unpaired) electrons. The lowest BCUT2D eigenvalue weighted by atomic mass is 10.2. The number of nitrogens with zero attached hydrogens (tertiary/aromatic N) is 2. The largest absolute Gasteiger partial charge is 0.492 e. The third-order valence-electron chi connectivity index (χ3n) is 5.91. The number of rotatable bonds is 6. The Morgan fingerprint density at radius 2 is 1.65 bits per heavy atom. The monoisotopic (exact) mass is 525 g/mol. The van der Waals surface area contributed by atoms with E-state index >= 15 is 0 Å². The molecule has 4 rings (SSSR count). The molecule has 0 spiro atoms. The lowest BCUT2D eigenvalue weighted by molar-refractivity contribution is 0.208.